The Morgan fingerprint density at radius 2 is 1.18 bits per heavy atom. The summed E-state index contributed by atoms with van der Waals surface area (Å²) in [6, 6.07) is 54.8. The first-order valence-electron chi connectivity index (χ1n) is 17.3. The van der Waals surface area contributed by atoms with Crippen molar-refractivity contribution in [2.75, 3.05) is 0 Å². The average Bonchev–Trinajstić information content (AvgIpc) is 3.17. The summed E-state index contributed by atoms with van der Waals surface area (Å²) in [4.78, 5) is 10.4. The molecule has 1 aromatic heterocycles. The van der Waals surface area contributed by atoms with Gasteiger partial charge in [-0.2, -0.15) is 0 Å². The molecule has 0 bridgehead atoms. The summed E-state index contributed by atoms with van der Waals surface area (Å²) in [5.41, 5.74) is 8.14. The highest BCUT2D eigenvalue weighted by Crippen LogP contribution is 2.44. The predicted octanol–water partition coefficient (Wildman–Crippen LogP) is 12.6. The third kappa shape index (κ3) is 4.95. The van der Waals surface area contributed by atoms with Crippen LogP contribution in [0.4, 0.5) is 0 Å². The summed E-state index contributed by atoms with van der Waals surface area (Å²) < 4.78 is 0. The van der Waals surface area contributed by atoms with Gasteiger partial charge in [0.05, 0.1) is 11.2 Å². The molecular formula is C47H36N2. The number of aryl methyl sites for hydroxylation is 1. The minimum atomic E-state index is 0.449. The first-order valence-corrected chi connectivity index (χ1v) is 17.3. The lowest BCUT2D eigenvalue weighted by molar-refractivity contribution is 0.663. The highest BCUT2D eigenvalue weighted by atomic mass is 14.9. The highest BCUT2D eigenvalue weighted by molar-refractivity contribution is 6.33. The maximum absolute atomic E-state index is 5.23. The Bertz CT molecular complexity index is 2680. The van der Waals surface area contributed by atoms with Gasteiger partial charge >= 0.3 is 0 Å². The van der Waals surface area contributed by atoms with E-state index in [1.807, 2.05) is 6.07 Å². The van der Waals surface area contributed by atoms with Crippen LogP contribution in [0, 0.1) is 6.92 Å². The predicted molar refractivity (Wildman–Crippen MR) is 208 cm³/mol. The van der Waals surface area contributed by atoms with Crippen LogP contribution in [-0.2, 0) is 6.42 Å². The zero-order chi connectivity index (χ0) is 32.9. The number of hydrogen-bond donors (Lipinski definition) is 0. The molecule has 9 aromatic rings. The van der Waals surface area contributed by atoms with E-state index in [1.165, 1.54) is 59.8 Å². The molecule has 0 aliphatic carbocycles. The van der Waals surface area contributed by atoms with Crippen LogP contribution < -0.4 is 0 Å². The molecule has 0 saturated carbocycles. The zero-order valence-corrected chi connectivity index (χ0v) is 27.8. The Morgan fingerprint density at radius 1 is 0.510 bits per heavy atom. The van der Waals surface area contributed by atoms with Crippen LogP contribution in [0.1, 0.15) is 36.0 Å². The summed E-state index contributed by atoms with van der Waals surface area (Å²) in [6.07, 6.45) is 2.09. The molecule has 0 amide bonds. The molecule has 234 valence electrons. The van der Waals surface area contributed by atoms with E-state index in [0.29, 0.717) is 5.92 Å². The molecule has 1 atom stereocenters. The lowest BCUT2D eigenvalue weighted by Crippen LogP contribution is -2.03. The van der Waals surface area contributed by atoms with Gasteiger partial charge in [0.2, 0.25) is 0 Å². The van der Waals surface area contributed by atoms with Crippen LogP contribution in [-0.4, -0.2) is 9.97 Å². The van der Waals surface area contributed by atoms with Crippen molar-refractivity contribution < 1.29 is 0 Å². The number of aromatic nitrogens is 2. The third-order valence-corrected chi connectivity index (χ3v) is 10.4. The molecule has 0 aliphatic rings. The van der Waals surface area contributed by atoms with Gasteiger partial charge < -0.3 is 0 Å². The van der Waals surface area contributed by atoms with Gasteiger partial charge in [-0.05, 0) is 97.6 Å². The van der Waals surface area contributed by atoms with E-state index in [4.69, 9.17) is 9.97 Å². The largest absolute Gasteiger partial charge is 0.228 e. The number of nitrogens with zero attached hydrogens (tertiary/aromatic N) is 2. The minimum Gasteiger partial charge on any atom is -0.228 e. The average molecular weight is 629 g/mol. The second kappa shape index (κ2) is 12.0. The maximum atomic E-state index is 5.23. The summed E-state index contributed by atoms with van der Waals surface area (Å²) in [7, 11) is 0. The van der Waals surface area contributed by atoms with Crippen molar-refractivity contribution in [1.82, 2.24) is 9.97 Å². The fourth-order valence-corrected chi connectivity index (χ4v) is 8.01. The topological polar surface area (TPSA) is 25.8 Å². The number of hydrogen-bond acceptors (Lipinski definition) is 2. The second-order valence-electron chi connectivity index (χ2n) is 13.3. The highest BCUT2D eigenvalue weighted by Gasteiger charge is 2.19. The molecule has 0 aliphatic heterocycles. The first-order chi connectivity index (χ1) is 24.2. The standard InChI is InChI=1S/C47H36N2/c1-3-31(32-15-6-4-7-16-32)28-35-19-14-23-38-37-20-10-11-21-39(37)45-41-29-36(26-25-34(41)27-30(2)43(45)44(35)38)47-48-42-24-13-12-22-40(42)46(49-47)33-17-8-5-9-18-33/h4-27,29,31H,3,28H2,1-2H3. The van der Waals surface area contributed by atoms with Crippen molar-refractivity contribution in [2.24, 2.45) is 0 Å². The van der Waals surface area contributed by atoms with Crippen LogP contribution in [0.2, 0.25) is 0 Å². The van der Waals surface area contributed by atoms with Crippen molar-refractivity contribution >= 4 is 54.0 Å². The fraction of sp³-hybridized carbons (Fsp3) is 0.106. The van der Waals surface area contributed by atoms with E-state index in [1.54, 1.807) is 0 Å². The Labute approximate surface area is 286 Å². The SMILES string of the molecule is CCC(Cc1cccc2c3ccccc3c3c4cc(-c5nc(-c6ccccc6)c6ccccc6n5)ccc4cc(C)c3c12)c1ccccc1. The molecule has 1 heterocycles. The quantitative estimate of drug-likeness (QED) is 0.171. The number of benzene rings is 8. The Hall–Kier alpha value is -5.86. The van der Waals surface area contributed by atoms with Gasteiger partial charge in [-0.3, -0.25) is 0 Å². The van der Waals surface area contributed by atoms with E-state index in [0.717, 1.165) is 46.4 Å². The van der Waals surface area contributed by atoms with Gasteiger partial charge in [0.1, 0.15) is 0 Å². The molecule has 49 heavy (non-hydrogen) atoms. The van der Waals surface area contributed by atoms with Gasteiger partial charge in [-0.15, -0.1) is 0 Å². The molecule has 0 fully saturated rings. The molecule has 0 radical (unpaired) electrons. The maximum Gasteiger partial charge on any atom is 0.160 e. The first kappa shape index (κ1) is 29.3. The van der Waals surface area contributed by atoms with Crippen LogP contribution in [0.25, 0.3) is 76.6 Å². The van der Waals surface area contributed by atoms with E-state index in [2.05, 4.69) is 159 Å². The molecule has 2 nitrogen and oxygen atoms in total. The Kier molecular flexibility index (Phi) is 7.16. The minimum absolute atomic E-state index is 0.449. The number of rotatable bonds is 6. The zero-order valence-electron chi connectivity index (χ0n) is 27.8. The number of fused-ring (bicyclic) bond motifs is 9. The second-order valence-corrected chi connectivity index (χ2v) is 13.3. The monoisotopic (exact) mass is 628 g/mol. The van der Waals surface area contributed by atoms with E-state index >= 15 is 0 Å². The van der Waals surface area contributed by atoms with Gasteiger partial charge in [0, 0.05) is 16.5 Å². The van der Waals surface area contributed by atoms with E-state index in [9.17, 15) is 0 Å². The van der Waals surface area contributed by atoms with Crippen LogP contribution >= 0.6 is 0 Å². The normalized spacial score (nSPS) is 12.4. The van der Waals surface area contributed by atoms with Crippen molar-refractivity contribution in [1.29, 1.82) is 0 Å². The van der Waals surface area contributed by atoms with Crippen LogP contribution in [0.3, 0.4) is 0 Å². The molecule has 1 unspecified atom stereocenters. The Balaban J connectivity index is 1.33. The van der Waals surface area contributed by atoms with Crippen molar-refractivity contribution in [3.8, 4) is 22.6 Å². The number of para-hydroxylation sites is 1. The van der Waals surface area contributed by atoms with Crippen molar-refractivity contribution in [3.63, 3.8) is 0 Å². The summed E-state index contributed by atoms with van der Waals surface area (Å²) in [5.74, 6) is 1.19. The van der Waals surface area contributed by atoms with Crippen molar-refractivity contribution in [3.05, 3.63) is 168 Å². The summed E-state index contributed by atoms with van der Waals surface area (Å²) >= 11 is 0. The molecule has 0 saturated heterocycles. The van der Waals surface area contributed by atoms with E-state index in [-0.39, 0.29) is 0 Å². The van der Waals surface area contributed by atoms with E-state index < -0.39 is 0 Å². The van der Waals surface area contributed by atoms with Gasteiger partial charge in [0.25, 0.3) is 0 Å². The van der Waals surface area contributed by atoms with Gasteiger partial charge in [-0.25, -0.2) is 9.97 Å². The molecule has 2 heteroatoms. The summed E-state index contributed by atoms with van der Waals surface area (Å²) in [6.45, 7) is 4.60. The van der Waals surface area contributed by atoms with Gasteiger partial charge in [-0.1, -0.05) is 146 Å². The Morgan fingerprint density at radius 3 is 1.98 bits per heavy atom. The van der Waals surface area contributed by atoms with Crippen LogP contribution in [0.15, 0.2) is 152 Å². The van der Waals surface area contributed by atoms with Gasteiger partial charge in [0.15, 0.2) is 5.82 Å². The van der Waals surface area contributed by atoms with Crippen molar-refractivity contribution in [2.45, 2.75) is 32.6 Å². The molecule has 0 spiro atoms. The summed E-state index contributed by atoms with van der Waals surface area (Å²) in [5, 5.41) is 11.5. The van der Waals surface area contributed by atoms with Crippen LogP contribution in [0.5, 0.6) is 0 Å². The molecule has 0 N–H and O–H groups in total. The smallest absolute Gasteiger partial charge is 0.160 e. The fourth-order valence-electron chi connectivity index (χ4n) is 8.01. The third-order valence-electron chi connectivity index (χ3n) is 10.4. The lowest BCUT2D eigenvalue weighted by atomic mass is 9.83. The molecule has 8 aromatic carbocycles. The molecular weight excluding hydrogens is 593 g/mol. The molecule has 9 rings (SSSR count). The lowest BCUT2D eigenvalue weighted by Gasteiger charge is -2.21.